The van der Waals surface area contributed by atoms with Crippen LogP contribution in [-0.4, -0.2) is 23.7 Å². The Morgan fingerprint density at radius 1 is 1.44 bits per heavy atom. The van der Waals surface area contributed by atoms with Crippen molar-refractivity contribution in [2.24, 2.45) is 5.73 Å². The summed E-state index contributed by atoms with van der Waals surface area (Å²) in [6.07, 6.45) is 0.375. The van der Waals surface area contributed by atoms with E-state index in [0.29, 0.717) is 6.42 Å². The lowest BCUT2D eigenvalue weighted by atomic mass is 9.94. The zero-order chi connectivity index (χ0) is 11.5. The smallest absolute Gasteiger partial charge is 0.325 e. The van der Waals surface area contributed by atoms with Gasteiger partial charge in [-0.15, -0.1) is 12.4 Å². The number of aromatic hydroxyl groups is 1. The van der Waals surface area contributed by atoms with Crippen molar-refractivity contribution in [3.63, 3.8) is 0 Å². The fourth-order valence-electron chi connectivity index (χ4n) is 1.34. The third-order valence-electron chi connectivity index (χ3n) is 2.16. The molecule has 4 nitrogen and oxygen atoms in total. The summed E-state index contributed by atoms with van der Waals surface area (Å²) < 4.78 is 4.60. The molecule has 0 heterocycles. The van der Waals surface area contributed by atoms with Gasteiger partial charge < -0.3 is 15.6 Å². The van der Waals surface area contributed by atoms with E-state index in [1.54, 1.807) is 31.2 Å². The zero-order valence-corrected chi connectivity index (χ0v) is 10.1. The maximum Gasteiger partial charge on any atom is 0.325 e. The van der Waals surface area contributed by atoms with Crippen molar-refractivity contribution in [2.45, 2.75) is 18.9 Å². The molecule has 3 N–H and O–H groups in total. The lowest BCUT2D eigenvalue weighted by Gasteiger charge is -2.21. The topological polar surface area (TPSA) is 72.5 Å². The third-order valence-corrected chi connectivity index (χ3v) is 2.16. The van der Waals surface area contributed by atoms with Crippen LogP contribution in [0.1, 0.15) is 12.5 Å². The molecular formula is C11H16ClNO3. The van der Waals surface area contributed by atoms with Crippen LogP contribution < -0.4 is 5.73 Å². The largest absolute Gasteiger partial charge is 0.508 e. The lowest BCUT2D eigenvalue weighted by Crippen LogP contribution is -2.47. The summed E-state index contributed by atoms with van der Waals surface area (Å²) >= 11 is 0. The summed E-state index contributed by atoms with van der Waals surface area (Å²) in [4.78, 5) is 11.3. The number of carbonyl (C=O) groups excluding carboxylic acids is 1. The summed E-state index contributed by atoms with van der Waals surface area (Å²) in [6, 6.07) is 6.57. The highest BCUT2D eigenvalue weighted by Gasteiger charge is 2.29. The van der Waals surface area contributed by atoms with Crippen molar-refractivity contribution >= 4 is 18.4 Å². The molecule has 0 bridgehead atoms. The van der Waals surface area contributed by atoms with E-state index in [9.17, 15) is 4.79 Å². The third kappa shape index (κ3) is 3.72. The second-order valence-corrected chi connectivity index (χ2v) is 3.75. The van der Waals surface area contributed by atoms with Crippen LogP contribution in [0.3, 0.4) is 0 Å². The van der Waals surface area contributed by atoms with Gasteiger partial charge in [-0.25, -0.2) is 0 Å². The average molecular weight is 246 g/mol. The van der Waals surface area contributed by atoms with Gasteiger partial charge in [0.15, 0.2) is 0 Å². The van der Waals surface area contributed by atoms with Crippen LogP contribution in [-0.2, 0) is 16.0 Å². The maximum atomic E-state index is 11.3. The van der Waals surface area contributed by atoms with Crippen LogP contribution in [0.4, 0.5) is 0 Å². The molecule has 0 unspecified atom stereocenters. The van der Waals surface area contributed by atoms with Crippen molar-refractivity contribution in [3.05, 3.63) is 29.8 Å². The summed E-state index contributed by atoms with van der Waals surface area (Å²) in [5.74, 6) is -0.258. The number of methoxy groups -OCH3 is 1. The Labute approximate surface area is 101 Å². The number of hydrogen-bond acceptors (Lipinski definition) is 4. The molecule has 0 radical (unpaired) electrons. The summed E-state index contributed by atoms with van der Waals surface area (Å²) in [6.45, 7) is 1.62. The molecule has 1 atom stereocenters. The van der Waals surface area contributed by atoms with Crippen LogP contribution in [0.15, 0.2) is 24.3 Å². The highest BCUT2D eigenvalue weighted by Crippen LogP contribution is 2.15. The van der Waals surface area contributed by atoms with Gasteiger partial charge in [-0.2, -0.15) is 0 Å². The highest BCUT2D eigenvalue weighted by molar-refractivity contribution is 5.85. The molecule has 5 heteroatoms. The molecule has 0 aliphatic heterocycles. The van der Waals surface area contributed by atoms with Crippen molar-refractivity contribution < 1.29 is 14.6 Å². The van der Waals surface area contributed by atoms with E-state index in [4.69, 9.17) is 10.8 Å². The predicted octanol–water partition coefficient (Wildman–Crippen LogP) is 1.25. The minimum Gasteiger partial charge on any atom is -0.508 e. The Hall–Kier alpha value is -1.26. The number of phenolic OH excluding ortho intramolecular Hbond substituents is 1. The molecule has 1 aromatic rings. The van der Waals surface area contributed by atoms with Gasteiger partial charge in [0.25, 0.3) is 0 Å². The zero-order valence-electron chi connectivity index (χ0n) is 9.27. The van der Waals surface area contributed by atoms with Crippen LogP contribution in [0.25, 0.3) is 0 Å². The molecule has 1 rings (SSSR count). The molecule has 0 saturated carbocycles. The van der Waals surface area contributed by atoms with E-state index < -0.39 is 11.5 Å². The molecule has 16 heavy (non-hydrogen) atoms. The van der Waals surface area contributed by atoms with Gasteiger partial charge in [0.1, 0.15) is 11.3 Å². The molecule has 1 aromatic carbocycles. The van der Waals surface area contributed by atoms with E-state index in [2.05, 4.69) is 4.74 Å². The van der Waals surface area contributed by atoms with Crippen molar-refractivity contribution in [1.82, 2.24) is 0 Å². The number of benzene rings is 1. The monoisotopic (exact) mass is 245 g/mol. The number of nitrogens with two attached hydrogens (primary N) is 1. The Balaban J connectivity index is 0.00000225. The molecule has 0 aliphatic carbocycles. The second-order valence-electron chi connectivity index (χ2n) is 3.75. The standard InChI is InChI=1S/C11H15NO3.ClH/c1-11(12,10(14)15-2)7-8-3-5-9(13)6-4-8;/h3-6,13H,7,12H2,1-2H3;1H/t11-;/m1./s1. The van der Waals surface area contributed by atoms with Crippen LogP contribution >= 0.6 is 12.4 Å². The number of esters is 1. The first kappa shape index (κ1) is 14.7. The fraction of sp³-hybridized carbons (Fsp3) is 0.364. The predicted molar refractivity (Wildman–Crippen MR) is 63.7 cm³/mol. The molecule has 0 spiro atoms. The van der Waals surface area contributed by atoms with Gasteiger partial charge >= 0.3 is 5.97 Å². The quantitative estimate of drug-likeness (QED) is 0.786. The summed E-state index contributed by atoms with van der Waals surface area (Å²) in [5.41, 5.74) is 5.65. The Bertz CT molecular complexity index is 349. The van der Waals surface area contributed by atoms with Crippen LogP contribution in [0.5, 0.6) is 5.75 Å². The van der Waals surface area contributed by atoms with E-state index in [1.165, 1.54) is 7.11 Å². The van der Waals surface area contributed by atoms with E-state index >= 15 is 0 Å². The van der Waals surface area contributed by atoms with Gasteiger partial charge in [0.05, 0.1) is 7.11 Å². The fourth-order valence-corrected chi connectivity index (χ4v) is 1.34. The maximum absolute atomic E-state index is 11.3. The highest BCUT2D eigenvalue weighted by atomic mass is 35.5. The SMILES string of the molecule is COC(=O)[C@](C)(N)Cc1ccc(O)cc1.Cl. The van der Waals surface area contributed by atoms with Gasteiger partial charge in [-0.05, 0) is 24.6 Å². The normalized spacial score (nSPS) is 13.4. The molecule has 90 valence electrons. The minimum absolute atomic E-state index is 0. The molecule has 0 amide bonds. The Morgan fingerprint density at radius 3 is 2.38 bits per heavy atom. The van der Waals surface area contributed by atoms with Crippen molar-refractivity contribution in [1.29, 1.82) is 0 Å². The van der Waals surface area contributed by atoms with Gasteiger partial charge in [0.2, 0.25) is 0 Å². The van der Waals surface area contributed by atoms with E-state index in [1.807, 2.05) is 0 Å². The number of rotatable bonds is 3. The number of halogens is 1. The first-order chi connectivity index (χ1) is 6.95. The Morgan fingerprint density at radius 2 is 1.94 bits per heavy atom. The lowest BCUT2D eigenvalue weighted by molar-refractivity contribution is -0.146. The van der Waals surface area contributed by atoms with E-state index in [-0.39, 0.29) is 18.2 Å². The molecule has 0 aromatic heterocycles. The number of carbonyl (C=O) groups is 1. The van der Waals surface area contributed by atoms with Gasteiger partial charge in [0, 0.05) is 6.42 Å². The average Bonchev–Trinajstić information content (AvgIpc) is 2.20. The number of ether oxygens (including phenoxy) is 1. The first-order valence-electron chi connectivity index (χ1n) is 4.61. The van der Waals surface area contributed by atoms with Crippen LogP contribution in [0, 0.1) is 0 Å². The number of phenols is 1. The molecular weight excluding hydrogens is 230 g/mol. The summed E-state index contributed by atoms with van der Waals surface area (Å²) in [5, 5.41) is 9.09. The first-order valence-corrected chi connectivity index (χ1v) is 4.61. The minimum atomic E-state index is -1.04. The van der Waals surface area contributed by atoms with Crippen LogP contribution in [0.2, 0.25) is 0 Å². The second kappa shape index (κ2) is 5.72. The Kier molecular flexibility index (Phi) is 5.27. The summed E-state index contributed by atoms with van der Waals surface area (Å²) in [7, 11) is 1.31. The molecule has 0 saturated heterocycles. The van der Waals surface area contributed by atoms with Gasteiger partial charge in [-0.1, -0.05) is 12.1 Å². The molecule has 0 fully saturated rings. The number of hydrogen-bond donors (Lipinski definition) is 2. The van der Waals surface area contributed by atoms with Crippen molar-refractivity contribution in [2.75, 3.05) is 7.11 Å². The van der Waals surface area contributed by atoms with Crippen molar-refractivity contribution in [3.8, 4) is 5.75 Å². The van der Waals surface area contributed by atoms with E-state index in [0.717, 1.165) is 5.56 Å². The molecule has 0 aliphatic rings. The van der Waals surface area contributed by atoms with Gasteiger partial charge in [-0.3, -0.25) is 4.79 Å².